The molecule has 2 fully saturated rings. The number of aromatic hydroxyl groups is 2. The molecule has 2 aromatic carbocycles. The normalized spacial score (nSPS) is 16.9. The van der Waals surface area contributed by atoms with Crippen LogP contribution in [0.5, 0.6) is 11.5 Å². The number of carboxylic acids is 1. The molecule has 4 rings (SSSR count). The molecule has 0 saturated carbocycles. The first-order chi connectivity index (χ1) is 65.8. The van der Waals surface area contributed by atoms with E-state index < -0.39 is 308 Å². The second-order valence-corrected chi connectivity index (χ2v) is 35.7. The van der Waals surface area contributed by atoms with Gasteiger partial charge in [-0.1, -0.05) is 113 Å². The van der Waals surface area contributed by atoms with Gasteiger partial charge in [-0.25, -0.2) is 0 Å². The highest BCUT2D eigenvalue weighted by atomic mass is 16.4. The summed E-state index contributed by atoms with van der Waals surface area (Å²) in [6.07, 6.45) is -1.63. The van der Waals surface area contributed by atoms with E-state index in [2.05, 4.69) is 90.4 Å². The Labute approximate surface area is 809 Å². The topological polar surface area (TPSA) is 789 Å². The minimum atomic E-state index is -1.85. The van der Waals surface area contributed by atoms with E-state index in [9.17, 15) is 131 Å². The third-order valence-corrected chi connectivity index (χ3v) is 23.6. The molecule has 2 saturated heterocycles. The molecule has 2 aliphatic heterocycles. The van der Waals surface area contributed by atoms with Crippen LogP contribution in [0, 0.1) is 29.6 Å². The first kappa shape index (κ1) is 118. The zero-order valence-electron chi connectivity index (χ0n) is 81.0. The van der Waals surface area contributed by atoms with Gasteiger partial charge in [-0.3, -0.25) is 110 Å². The molecule has 0 bridgehead atoms. The molecule has 776 valence electrons. The van der Waals surface area contributed by atoms with Crippen LogP contribution in [0.1, 0.15) is 178 Å². The van der Waals surface area contributed by atoms with Crippen molar-refractivity contribution in [2.24, 2.45) is 52.5 Å². The van der Waals surface area contributed by atoms with E-state index >= 15 is 0 Å². The van der Waals surface area contributed by atoms with Crippen LogP contribution in [0.15, 0.2) is 48.5 Å². The summed E-state index contributed by atoms with van der Waals surface area (Å²) in [5.41, 5.74) is 22.3. The maximum Gasteiger partial charge on any atom is 0.322 e. The maximum absolute atomic E-state index is 14.4. The van der Waals surface area contributed by atoms with E-state index in [4.69, 9.17) is 22.9 Å². The molecule has 19 atom stereocenters. The number of aliphatic carboxylic acids is 1. The van der Waals surface area contributed by atoms with Gasteiger partial charge in [0.25, 0.3) is 0 Å². The number of rotatable bonds is 58. The Balaban J connectivity index is 1.36. The van der Waals surface area contributed by atoms with E-state index in [-0.39, 0.29) is 88.3 Å². The number of aliphatic hydroxyl groups excluding tert-OH is 1. The Morgan fingerprint density at radius 2 is 0.743 bits per heavy atom. The number of benzene rings is 2. The molecule has 50 heteroatoms. The van der Waals surface area contributed by atoms with Crippen molar-refractivity contribution in [2.45, 2.75) is 277 Å². The lowest BCUT2D eigenvalue weighted by atomic mass is 9.94. The standard InChI is InChI=1S/C90H139N23O27/c1-14-45(8)72(87(137)109-71(44(6)7)85(135)105-56(33-43(4)5)80(130)107-61(42-114)90(140)113-32-18-20-63(113)84(134)98-49(12)76(126)102-58(35-52-23-27-54(116)28-24-52)81(131)103-57(78(128)97-41-70(123)124)34-51-21-25-53(115)26-22-51)108-69(122)40-95-68(121)39-96-75(125)48(11)100-86(136)73(46(9)15-2)111-88(138)74(47(10)16-3)110-77(127)50(13)99-83(133)62-19-17-31-112(62)89(139)60(37-66(94)119)106-82(132)59(36-65(93)118)104-79(129)55(29-30-64(92)117)101-67(120)38-91/h21-28,43-50,55-63,71-74,114-116H,14-20,29-42,91H2,1-13H3,(H2,92,117)(H2,93,118)(H2,94,119)(H,95,121)(H,96,125)(H,97,128)(H,98,134)(H,99,133)(H,100,136)(H,101,120)(H,102,126)(H,103,131)(H,104,129)(H,105,135)(H,106,132)(H,107,130)(H,108,122)(H,109,137)(H,110,127)(H,111,138)(H,123,124)/t45-,46-,47-,48-,49-,50-,55-,56-,57-,58-,59-,60-,61-,62-,63-,71-,72-,73-,74-/m0/s1. The summed E-state index contributed by atoms with van der Waals surface area (Å²) in [7, 11) is 0. The zero-order valence-corrected chi connectivity index (χ0v) is 81.0. The largest absolute Gasteiger partial charge is 0.508 e. The number of phenols is 2. The summed E-state index contributed by atoms with van der Waals surface area (Å²) in [5, 5.41) is 81.7. The molecule has 0 aromatic heterocycles. The number of likely N-dealkylation sites (tertiary alicyclic amines) is 2. The third kappa shape index (κ3) is 38.6. The number of carbonyl (C=O) groups excluding carboxylic acids is 22. The monoisotopic (exact) mass is 1970 g/mol. The van der Waals surface area contributed by atoms with Crippen molar-refractivity contribution < 1.29 is 131 Å². The van der Waals surface area contributed by atoms with Crippen LogP contribution in [0.25, 0.3) is 0 Å². The smallest absolute Gasteiger partial charge is 0.322 e. The van der Waals surface area contributed by atoms with Crippen LogP contribution in [0.2, 0.25) is 0 Å². The Kier molecular flexibility index (Phi) is 48.8. The number of amides is 22. The molecule has 22 amide bonds. The average molecular weight is 1980 g/mol. The highest BCUT2D eigenvalue weighted by molar-refractivity contribution is 6.03. The molecule has 0 aliphatic carbocycles. The summed E-state index contributed by atoms with van der Waals surface area (Å²) in [6.45, 7) is 16.4. The fraction of sp³-hybridized carbons (Fsp3) is 0.611. The highest BCUT2D eigenvalue weighted by Gasteiger charge is 2.45. The number of nitrogens with one attached hydrogen (secondary N) is 17. The molecule has 0 radical (unpaired) electrons. The van der Waals surface area contributed by atoms with Crippen molar-refractivity contribution in [3.63, 3.8) is 0 Å². The van der Waals surface area contributed by atoms with Crippen LogP contribution in [-0.2, 0) is 123 Å². The number of hydrogen-bond donors (Lipinski definition) is 25. The second kappa shape index (κ2) is 57.8. The predicted molar refractivity (Wildman–Crippen MR) is 499 cm³/mol. The van der Waals surface area contributed by atoms with Crippen LogP contribution in [-0.4, -0.2) is 309 Å². The molecule has 29 N–H and O–H groups in total. The van der Waals surface area contributed by atoms with Gasteiger partial charge in [0.2, 0.25) is 130 Å². The summed E-state index contributed by atoms with van der Waals surface area (Å²) in [6, 6.07) is -12.2. The van der Waals surface area contributed by atoms with Crippen molar-refractivity contribution in [3.8, 4) is 11.5 Å². The number of primary amides is 3. The van der Waals surface area contributed by atoms with Crippen molar-refractivity contribution >= 4 is 136 Å². The van der Waals surface area contributed by atoms with Crippen molar-refractivity contribution in [3.05, 3.63) is 59.7 Å². The van der Waals surface area contributed by atoms with Gasteiger partial charge in [0.05, 0.1) is 39.1 Å². The van der Waals surface area contributed by atoms with Gasteiger partial charge >= 0.3 is 5.97 Å². The summed E-state index contributed by atoms with van der Waals surface area (Å²) in [4.78, 5) is 312. The number of aliphatic hydroxyl groups is 1. The van der Waals surface area contributed by atoms with Gasteiger partial charge in [-0.15, -0.1) is 0 Å². The first-order valence-corrected chi connectivity index (χ1v) is 46.4. The summed E-state index contributed by atoms with van der Waals surface area (Å²) < 4.78 is 0. The molecule has 140 heavy (non-hydrogen) atoms. The Morgan fingerprint density at radius 1 is 0.371 bits per heavy atom. The lowest BCUT2D eigenvalue weighted by molar-refractivity contribution is -0.143. The Hall–Kier alpha value is -14.2. The predicted octanol–water partition coefficient (Wildman–Crippen LogP) is -8.05. The Bertz CT molecular complexity index is 4730. The quantitative estimate of drug-likeness (QED) is 0.0292. The van der Waals surface area contributed by atoms with Gasteiger partial charge in [-0.2, -0.15) is 0 Å². The number of carbonyl (C=O) groups is 23. The van der Waals surface area contributed by atoms with Crippen LogP contribution in [0.3, 0.4) is 0 Å². The fourth-order valence-corrected chi connectivity index (χ4v) is 14.9. The number of hydrogen-bond acceptors (Lipinski definition) is 27. The molecule has 50 nitrogen and oxygen atoms in total. The van der Waals surface area contributed by atoms with Crippen LogP contribution in [0.4, 0.5) is 0 Å². The SMILES string of the molecule is CC[C@H](C)[C@H](NC(=O)CNC(=O)CNC(=O)[C@H](C)NC(=O)[C@@H](NC(=O)[C@@H](NC(=O)[C@H](C)NC(=O)[C@@H]1CCCN1C(=O)[C@H](CC(N)=O)NC(=O)[C@H](CC(N)=O)NC(=O)[C@H](CCC(N)=O)NC(=O)CN)[C@@H](C)CC)[C@@H](C)CC)C(=O)N[C@H](C(=O)N[C@@H](CC(C)C)C(=O)N[C@@H](CO)C(=O)N1CCC[C@H]1C(=O)N[C@@H](C)C(=O)N[C@@H](Cc1ccc(O)cc1)C(=O)N[C@@H](Cc1ccc(O)cc1)C(=O)NCC(=O)O)C(C)C. The molecule has 0 spiro atoms. The average Bonchev–Trinajstić information content (AvgIpc) is 1.65. The first-order valence-electron chi connectivity index (χ1n) is 46.4. The summed E-state index contributed by atoms with van der Waals surface area (Å²) >= 11 is 0. The Morgan fingerprint density at radius 3 is 1.20 bits per heavy atom. The van der Waals surface area contributed by atoms with E-state index in [1.54, 1.807) is 69.2 Å². The van der Waals surface area contributed by atoms with Gasteiger partial charge in [0.15, 0.2) is 0 Å². The number of carboxylic acid groups (broad SMARTS) is 1. The second-order valence-electron chi connectivity index (χ2n) is 35.7. The third-order valence-electron chi connectivity index (χ3n) is 23.6. The molecule has 2 aromatic rings. The van der Waals surface area contributed by atoms with Gasteiger partial charge < -0.3 is 144 Å². The van der Waals surface area contributed by atoms with E-state index in [0.717, 1.165) is 9.80 Å². The lowest BCUT2D eigenvalue weighted by Gasteiger charge is -2.31. The van der Waals surface area contributed by atoms with Gasteiger partial charge in [-0.05, 0) is 124 Å². The minimum absolute atomic E-state index is 0.00328. The van der Waals surface area contributed by atoms with Gasteiger partial charge in [0.1, 0.15) is 115 Å². The number of nitrogens with two attached hydrogens (primary N) is 4. The molecule has 0 unspecified atom stereocenters. The number of phenolic OH excluding ortho intramolecular Hbond substituents is 2. The van der Waals surface area contributed by atoms with Crippen molar-refractivity contribution in [1.29, 1.82) is 0 Å². The zero-order chi connectivity index (χ0) is 105. The van der Waals surface area contributed by atoms with Crippen LogP contribution < -0.4 is 113 Å². The van der Waals surface area contributed by atoms with E-state index in [0.29, 0.717) is 24.0 Å². The molecular weight excluding hydrogens is 1840 g/mol. The van der Waals surface area contributed by atoms with E-state index in [1.165, 1.54) is 69.3 Å². The van der Waals surface area contributed by atoms with Crippen molar-refractivity contribution in [1.82, 2.24) is 100 Å². The fourth-order valence-electron chi connectivity index (χ4n) is 14.9. The summed E-state index contributed by atoms with van der Waals surface area (Å²) in [5.74, 6) is -25.1. The van der Waals surface area contributed by atoms with Crippen molar-refractivity contribution in [2.75, 3.05) is 45.9 Å². The minimum Gasteiger partial charge on any atom is -0.508 e. The highest BCUT2D eigenvalue weighted by Crippen LogP contribution is 2.24. The lowest BCUT2D eigenvalue weighted by Crippen LogP contribution is -2.61. The molecule has 2 heterocycles. The molecular formula is C90H139N23O27. The number of nitrogens with zero attached hydrogens (tertiary/aromatic N) is 2. The molecule has 2 aliphatic rings. The maximum atomic E-state index is 14.4. The van der Waals surface area contributed by atoms with E-state index in [1.807, 2.05) is 0 Å². The van der Waals surface area contributed by atoms with Crippen LogP contribution >= 0.6 is 0 Å². The van der Waals surface area contributed by atoms with Gasteiger partial charge in [0, 0.05) is 32.4 Å².